The highest BCUT2D eigenvalue weighted by Gasteiger charge is 2.35. The molecule has 2 aromatic rings. The maximum atomic E-state index is 12.8. The normalized spacial score (nSPS) is 13.5. The summed E-state index contributed by atoms with van der Waals surface area (Å²) in [6, 6.07) is 6.84. The van der Waals surface area contributed by atoms with Crippen molar-refractivity contribution < 1.29 is 32.8 Å². The van der Waals surface area contributed by atoms with Gasteiger partial charge in [-0.25, -0.2) is 0 Å². The van der Waals surface area contributed by atoms with Gasteiger partial charge in [-0.05, 0) is 30.5 Å². The zero-order valence-electron chi connectivity index (χ0n) is 12.9. The lowest BCUT2D eigenvalue weighted by Crippen LogP contribution is -2.23. The highest BCUT2D eigenvalue weighted by molar-refractivity contribution is 7.85. The topological polar surface area (TPSA) is 129 Å². The van der Waals surface area contributed by atoms with Crippen LogP contribution in [0.25, 0.3) is 0 Å². The summed E-state index contributed by atoms with van der Waals surface area (Å²) >= 11 is 0. The Balaban J connectivity index is 2.09. The van der Waals surface area contributed by atoms with Crippen molar-refractivity contribution in [3.8, 4) is 11.5 Å². The van der Waals surface area contributed by atoms with Crippen LogP contribution in [0.15, 0.2) is 30.3 Å². The Hall–Kier alpha value is -2.71. The Kier molecular flexibility index (Phi) is 4.09. The lowest BCUT2D eigenvalue weighted by molar-refractivity contribution is 0.0973. The van der Waals surface area contributed by atoms with Gasteiger partial charge < -0.3 is 10.2 Å². The monoisotopic (exact) mass is 362 g/mol. The molecular weight excluding hydrogens is 348 g/mol. The van der Waals surface area contributed by atoms with Crippen LogP contribution in [-0.2, 0) is 16.5 Å². The Bertz CT molecular complexity index is 1010. The number of benzene rings is 2. The van der Waals surface area contributed by atoms with Gasteiger partial charge in [-0.3, -0.25) is 14.1 Å². The third-order valence-electron chi connectivity index (χ3n) is 4.09. The van der Waals surface area contributed by atoms with Crippen LogP contribution in [0.1, 0.15) is 43.8 Å². The molecule has 0 radical (unpaired) electrons. The van der Waals surface area contributed by atoms with Gasteiger partial charge in [0.05, 0.1) is 16.9 Å². The summed E-state index contributed by atoms with van der Waals surface area (Å²) in [6.45, 7) is 0. The van der Waals surface area contributed by atoms with Gasteiger partial charge >= 0.3 is 0 Å². The number of aryl methyl sites for hydroxylation is 1. The highest BCUT2D eigenvalue weighted by Crippen LogP contribution is 2.38. The number of carbonyl (C=O) groups is 2. The molecule has 0 aromatic heterocycles. The summed E-state index contributed by atoms with van der Waals surface area (Å²) in [5, 5.41) is 19.9. The number of carbonyl (C=O) groups excluding carboxylic acids is 2. The van der Waals surface area contributed by atoms with Crippen LogP contribution in [0.3, 0.4) is 0 Å². The molecule has 0 heterocycles. The van der Waals surface area contributed by atoms with E-state index in [1.807, 2.05) is 0 Å². The molecule has 3 rings (SSSR count). The average molecular weight is 362 g/mol. The van der Waals surface area contributed by atoms with E-state index < -0.39 is 38.9 Å². The summed E-state index contributed by atoms with van der Waals surface area (Å²) in [5.41, 5.74) is 0.0965. The van der Waals surface area contributed by atoms with Crippen molar-refractivity contribution in [1.82, 2.24) is 0 Å². The summed E-state index contributed by atoms with van der Waals surface area (Å²) in [7, 11) is -4.13. The molecule has 7 nitrogen and oxygen atoms in total. The first-order valence-electron chi connectivity index (χ1n) is 7.42. The van der Waals surface area contributed by atoms with Gasteiger partial charge in [0.25, 0.3) is 10.1 Å². The van der Waals surface area contributed by atoms with Crippen molar-refractivity contribution in [2.75, 3.05) is 5.75 Å². The van der Waals surface area contributed by atoms with Crippen molar-refractivity contribution in [1.29, 1.82) is 0 Å². The Morgan fingerprint density at radius 2 is 1.44 bits per heavy atom. The summed E-state index contributed by atoms with van der Waals surface area (Å²) in [5.74, 6) is -2.48. The first kappa shape index (κ1) is 17.1. The maximum absolute atomic E-state index is 12.8. The molecule has 0 saturated heterocycles. The van der Waals surface area contributed by atoms with Gasteiger partial charge in [0.15, 0.2) is 11.6 Å². The largest absolute Gasteiger partial charge is 0.507 e. The number of aromatic hydroxyl groups is 2. The van der Waals surface area contributed by atoms with E-state index >= 15 is 0 Å². The molecule has 0 unspecified atom stereocenters. The zero-order valence-corrected chi connectivity index (χ0v) is 13.7. The minimum Gasteiger partial charge on any atom is -0.507 e. The molecule has 130 valence electrons. The van der Waals surface area contributed by atoms with E-state index in [2.05, 4.69) is 0 Å². The second-order valence-electron chi connectivity index (χ2n) is 5.74. The van der Waals surface area contributed by atoms with Crippen LogP contribution < -0.4 is 0 Å². The first-order chi connectivity index (χ1) is 11.7. The predicted molar refractivity (Wildman–Crippen MR) is 87.8 cm³/mol. The van der Waals surface area contributed by atoms with Gasteiger partial charge in [-0.15, -0.1) is 0 Å². The van der Waals surface area contributed by atoms with Gasteiger partial charge in [-0.1, -0.05) is 18.2 Å². The maximum Gasteiger partial charge on any atom is 0.264 e. The molecule has 0 fully saturated rings. The molecular formula is C17H14O7S. The standard InChI is InChI=1S/C17H14O7S/c18-11-6-7-12(19)15-14(11)16(20)10-5-1-3-9(13(10)17(15)21)4-2-8-25(22,23)24/h1,3,5-7,18-19H,2,4,8H2,(H,22,23,24). The van der Waals surface area contributed by atoms with E-state index in [0.717, 1.165) is 12.1 Å². The Morgan fingerprint density at radius 3 is 2.04 bits per heavy atom. The van der Waals surface area contributed by atoms with Crippen LogP contribution in [0, 0.1) is 0 Å². The van der Waals surface area contributed by atoms with Gasteiger partial charge in [-0.2, -0.15) is 8.42 Å². The number of fused-ring (bicyclic) bond motifs is 2. The van der Waals surface area contributed by atoms with Crippen LogP contribution in [0.2, 0.25) is 0 Å². The molecule has 0 spiro atoms. The van der Waals surface area contributed by atoms with E-state index in [1.54, 1.807) is 12.1 Å². The fraction of sp³-hybridized carbons (Fsp3) is 0.176. The first-order valence-corrected chi connectivity index (χ1v) is 9.03. The molecule has 8 heteroatoms. The number of hydrogen-bond donors (Lipinski definition) is 3. The second-order valence-corrected chi connectivity index (χ2v) is 7.31. The fourth-order valence-electron chi connectivity index (χ4n) is 3.01. The van der Waals surface area contributed by atoms with E-state index in [9.17, 15) is 28.2 Å². The zero-order chi connectivity index (χ0) is 18.4. The van der Waals surface area contributed by atoms with E-state index in [4.69, 9.17) is 4.55 Å². The molecule has 0 amide bonds. The molecule has 0 saturated carbocycles. The number of rotatable bonds is 4. The van der Waals surface area contributed by atoms with Crippen LogP contribution in [0.5, 0.6) is 11.5 Å². The van der Waals surface area contributed by atoms with Crippen molar-refractivity contribution in [2.45, 2.75) is 12.8 Å². The summed E-state index contributed by atoms with van der Waals surface area (Å²) < 4.78 is 30.5. The molecule has 3 N–H and O–H groups in total. The molecule has 2 aromatic carbocycles. The Morgan fingerprint density at radius 1 is 0.840 bits per heavy atom. The lowest BCUT2D eigenvalue weighted by atomic mass is 9.80. The molecule has 0 atom stereocenters. The Labute approximate surface area is 143 Å². The smallest absolute Gasteiger partial charge is 0.264 e. The molecule has 1 aliphatic carbocycles. The van der Waals surface area contributed by atoms with Crippen molar-refractivity contribution >= 4 is 21.7 Å². The number of hydrogen-bond acceptors (Lipinski definition) is 6. The van der Waals surface area contributed by atoms with Gasteiger partial charge in [0, 0.05) is 11.1 Å². The quantitative estimate of drug-likeness (QED) is 0.476. The van der Waals surface area contributed by atoms with Crippen molar-refractivity contribution in [2.24, 2.45) is 0 Å². The molecule has 1 aliphatic rings. The van der Waals surface area contributed by atoms with Crippen molar-refractivity contribution in [3.63, 3.8) is 0 Å². The summed E-state index contributed by atoms with van der Waals surface area (Å²) in [6.07, 6.45) is 0.215. The molecule has 25 heavy (non-hydrogen) atoms. The predicted octanol–water partition coefficient (Wildman–Crippen LogP) is 1.69. The van der Waals surface area contributed by atoms with Crippen LogP contribution in [0.4, 0.5) is 0 Å². The highest BCUT2D eigenvalue weighted by atomic mass is 32.2. The van der Waals surface area contributed by atoms with Crippen LogP contribution in [-0.4, -0.2) is 40.5 Å². The van der Waals surface area contributed by atoms with Crippen molar-refractivity contribution in [3.05, 3.63) is 58.1 Å². The fourth-order valence-corrected chi connectivity index (χ4v) is 3.52. The van der Waals surface area contributed by atoms with Crippen LogP contribution >= 0.6 is 0 Å². The van der Waals surface area contributed by atoms with E-state index in [-0.39, 0.29) is 35.1 Å². The average Bonchev–Trinajstić information content (AvgIpc) is 2.53. The number of ketones is 2. The lowest BCUT2D eigenvalue weighted by Gasteiger charge is -2.21. The third-order valence-corrected chi connectivity index (χ3v) is 4.89. The number of phenols is 2. The van der Waals surface area contributed by atoms with Gasteiger partial charge in [0.1, 0.15) is 11.5 Å². The molecule has 0 aliphatic heterocycles. The van der Waals surface area contributed by atoms with E-state index in [1.165, 1.54) is 6.07 Å². The third kappa shape index (κ3) is 3.01. The number of phenolic OH excluding ortho intramolecular Hbond substituents is 2. The van der Waals surface area contributed by atoms with Gasteiger partial charge in [0.2, 0.25) is 0 Å². The summed E-state index contributed by atoms with van der Waals surface area (Å²) in [4.78, 5) is 25.5. The van der Waals surface area contributed by atoms with E-state index in [0.29, 0.717) is 5.56 Å². The molecule has 0 bridgehead atoms. The SMILES string of the molecule is O=C1c2cccc(CCCS(=O)(=O)O)c2C(=O)c2c(O)ccc(O)c21. The second kappa shape index (κ2) is 5.98. The minimum atomic E-state index is -4.13. The minimum absolute atomic E-state index is 0.0651.